The average molecular weight is 547 g/mol. The van der Waals surface area contributed by atoms with Gasteiger partial charge in [-0.2, -0.15) is 0 Å². The molecule has 2 N–H and O–H groups in total. The van der Waals surface area contributed by atoms with Crippen molar-refractivity contribution in [1.82, 2.24) is 4.98 Å². The Bertz CT molecular complexity index is 1790. The third-order valence-electron chi connectivity index (χ3n) is 9.29. The molecule has 5 nitrogen and oxygen atoms in total. The summed E-state index contributed by atoms with van der Waals surface area (Å²) in [7, 11) is 0. The molecule has 5 heterocycles. The van der Waals surface area contributed by atoms with E-state index in [4.69, 9.17) is 15.0 Å². The average Bonchev–Trinajstić information content (AvgIpc) is 3.75. The van der Waals surface area contributed by atoms with E-state index in [9.17, 15) is 5.11 Å². The fourth-order valence-electron chi connectivity index (χ4n) is 7.43. The van der Waals surface area contributed by atoms with E-state index in [1.807, 2.05) is 0 Å². The van der Waals surface area contributed by atoms with Gasteiger partial charge >= 0.3 is 0 Å². The van der Waals surface area contributed by atoms with Gasteiger partial charge in [-0.15, -0.1) is 0 Å². The number of H-pyrrole nitrogens is 1. The van der Waals surface area contributed by atoms with Gasteiger partial charge in [-0.3, -0.25) is 0 Å². The third-order valence-corrected chi connectivity index (χ3v) is 9.29. The van der Waals surface area contributed by atoms with Gasteiger partial charge in [0.2, 0.25) is 0 Å². The van der Waals surface area contributed by atoms with Gasteiger partial charge in [-0.25, -0.2) is 15.0 Å². The van der Waals surface area contributed by atoms with Crippen molar-refractivity contribution < 1.29 is 5.11 Å². The van der Waals surface area contributed by atoms with Gasteiger partial charge in [0.1, 0.15) is 5.76 Å². The second-order valence-electron chi connectivity index (χ2n) is 11.3. The Kier molecular flexibility index (Phi) is 7.09. The van der Waals surface area contributed by atoms with Crippen LogP contribution in [0, 0.1) is 0 Å². The summed E-state index contributed by atoms with van der Waals surface area (Å²) in [5, 5.41) is 13.6. The number of aliphatic hydroxyl groups is 1. The number of nitrogens with one attached hydrogen (secondary N) is 1. The van der Waals surface area contributed by atoms with E-state index in [0.29, 0.717) is 12.2 Å². The molecular formula is C36H42N4O. The summed E-state index contributed by atoms with van der Waals surface area (Å²) in [5.41, 5.74) is 16.9. The fraction of sp³-hybridized carbons (Fsp3) is 0.417. The van der Waals surface area contributed by atoms with Crippen LogP contribution < -0.4 is 10.7 Å². The summed E-state index contributed by atoms with van der Waals surface area (Å²) in [6.45, 7) is 15.5. The van der Waals surface area contributed by atoms with E-state index >= 15 is 0 Å². The van der Waals surface area contributed by atoms with Crippen molar-refractivity contribution in [3.63, 3.8) is 0 Å². The fourth-order valence-corrected chi connectivity index (χ4v) is 7.43. The van der Waals surface area contributed by atoms with E-state index in [-0.39, 0.29) is 0 Å². The Labute approximate surface area is 243 Å². The van der Waals surface area contributed by atoms with Crippen LogP contribution in [0.2, 0.25) is 0 Å². The van der Waals surface area contributed by atoms with Crippen molar-refractivity contribution in [1.29, 1.82) is 0 Å². The van der Waals surface area contributed by atoms with Gasteiger partial charge in [-0.1, -0.05) is 48.5 Å². The van der Waals surface area contributed by atoms with Crippen LogP contribution in [0.1, 0.15) is 98.1 Å². The topological polar surface area (TPSA) is 73.1 Å². The zero-order valence-electron chi connectivity index (χ0n) is 25.7. The first-order valence-corrected chi connectivity index (χ1v) is 15.7. The summed E-state index contributed by atoms with van der Waals surface area (Å²) >= 11 is 0. The predicted molar refractivity (Wildman–Crippen MR) is 172 cm³/mol. The molecule has 0 fully saturated rings. The molecule has 0 saturated heterocycles. The number of allylic oxidation sites excluding steroid dienone is 9. The lowest BCUT2D eigenvalue weighted by Gasteiger charge is -2.08. The number of aromatic amines is 1. The second kappa shape index (κ2) is 10.6. The van der Waals surface area contributed by atoms with Gasteiger partial charge in [0.15, 0.2) is 0 Å². The molecule has 0 spiro atoms. The molecule has 1 aromatic heterocycles. The van der Waals surface area contributed by atoms with Crippen molar-refractivity contribution in [2.75, 3.05) is 0 Å². The Morgan fingerprint density at radius 1 is 0.634 bits per heavy atom. The molecule has 4 aliphatic heterocycles. The molecule has 0 amide bonds. The normalized spacial score (nSPS) is 19.8. The lowest BCUT2D eigenvalue weighted by molar-refractivity contribution is 0.400. The molecule has 0 atom stereocenters. The molecule has 1 aliphatic carbocycles. The van der Waals surface area contributed by atoms with Crippen molar-refractivity contribution in [3.05, 3.63) is 89.8 Å². The number of hydrogen-bond acceptors (Lipinski definition) is 4. The number of aliphatic imine (C=N–C) groups is 3. The lowest BCUT2D eigenvalue weighted by Crippen LogP contribution is -2.15. The van der Waals surface area contributed by atoms with Gasteiger partial charge in [0.25, 0.3) is 0 Å². The minimum absolute atomic E-state index is 0.419. The zero-order valence-corrected chi connectivity index (χ0v) is 25.7. The molecule has 41 heavy (non-hydrogen) atoms. The van der Waals surface area contributed by atoms with E-state index in [2.05, 4.69) is 71.7 Å². The van der Waals surface area contributed by atoms with Crippen LogP contribution >= 0.6 is 0 Å². The first-order valence-electron chi connectivity index (χ1n) is 15.7. The molecule has 0 saturated carbocycles. The van der Waals surface area contributed by atoms with Crippen LogP contribution in [0.3, 0.4) is 0 Å². The van der Waals surface area contributed by atoms with Crippen LogP contribution in [0.25, 0.3) is 12.2 Å². The van der Waals surface area contributed by atoms with E-state index in [1.54, 1.807) is 0 Å². The highest BCUT2D eigenvalue weighted by molar-refractivity contribution is 6.25. The molecule has 8 bridgehead atoms. The molecule has 0 radical (unpaired) electrons. The third kappa shape index (κ3) is 4.07. The maximum absolute atomic E-state index is 11.3. The summed E-state index contributed by atoms with van der Waals surface area (Å²) in [4.78, 5) is 19.6. The van der Waals surface area contributed by atoms with Crippen molar-refractivity contribution in [2.45, 2.75) is 99.8 Å². The smallest absolute Gasteiger partial charge is 0.107 e. The first-order chi connectivity index (χ1) is 19.9. The van der Waals surface area contributed by atoms with Crippen LogP contribution in [0.15, 0.2) is 82.9 Å². The lowest BCUT2D eigenvalue weighted by atomic mass is 9.94. The Morgan fingerprint density at radius 2 is 1.22 bits per heavy atom. The molecule has 0 unspecified atom stereocenters. The maximum atomic E-state index is 11.3. The standard InChI is InChI=1S/C36H42N4O/c1-8-19-21(10-3)29-17-31-23(12-5)24(13-6)35(39-31)26-15-33(41)34-25(14-7)32(40-36(26)34)18-30-22(11-4)20(9-2)28(38-30)16-27(19)37-29/h16-18,38,41H,8-15H2,1-7H3. The largest absolute Gasteiger partial charge is 0.511 e. The van der Waals surface area contributed by atoms with Crippen LogP contribution in [-0.2, 0) is 12.8 Å². The summed E-state index contributed by atoms with van der Waals surface area (Å²) in [5.74, 6) is 0.419. The van der Waals surface area contributed by atoms with Gasteiger partial charge < -0.3 is 10.1 Å². The number of aliphatic hydroxyl groups excluding tert-OH is 1. The number of aromatic nitrogens is 1. The monoisotopic (exact) mass is 546 g/mol. The summed E-state index contributed by atoms with van der Waals surface area (Å²) < 4.78 is 0. The zero-order chi connectivity index (χ0) is 29.0. The molecule has 5 heteroatoms. The van der Waals surface area contributed by atoms with Crippen LogP contribution in [0.5, 0.6) is 0 Å². The number of rotatable bonds is 7. The molecule has 0 aromatic carbocycles. The molecule has 6 rings (SSSR count). The number of nitrogens with zero attached hydrogens (tertiary/aromatic N) is 3. The number of fused-ring (bicyclic) bond motifs is 5. The van der Waals surface area contributed by atoms with Crippen molar-refractivity contribution in [2.24, 2.45) is 15.0 Å². The Balaban J connectivity index is 1.75. The van der Waals surface area contributed by atoms with Crippen molar-refractivity contribution >= 4 is 29.3 Å². The first kappa shape index (κ1) is 27.4. The van der Waals surface area contributed by atoms with E-state index in [0.717, 1.165) is 107 Å². The maximum Gasteiger partial charge on any atom is 0.107 e. The van der Waals surface area contributed by atoms with E-state index in [1.165, 1.54) is 33.4 Å². The van der Waals surface area contributed by atoms with Crippen LogP contribution in [0.4, 0.5) is 0 Å². The quantitative estimate of drug-likeness (QED) is 0.369. The molecule has 5 aliphatic rings. The highest BCUT2D eigenvalue weighted by Crippen LogP contribution is 2.45. The second-order valence-corrected chi connectivity index (χ2v) is 11.3. The predicted octanol–water partition coefficient (Wildman–Crippen LogP) is 7.33. The highest BCUT2D eigenvalue weighted by atomic mass is 16.3. The van der Waals surface area contributed by atoms with Gasteiger partial charge in [0, 0.05) is 28.3 Å². The van der Waals surface area contributed by atoms with Crippen molar-refractivity contribution in [3.8, 4) is 0 Å². The minimum atomic E-state index is 0.419. The SMILES string of the molecule is CCC1=C2C=c3[nH]c(c(CC)c3CC)=CC3=NC(=CC4=NC(=C5CC(O)=C1C5=N2)C(CC)=C4CC)C(CC)=C3CC. The van der Waals surface area contributed by atoms with Crippen LogP contribution in [-0.4, -0.2) is 27.2 Å². The molecule has 1 aromatic rings. The molecule has 212 valence electrons. The van der Waals surface area contributed by atoms with Gasteiger partial charge in [-0.05, 0) is 102 Å². The summed E-state index contributed by atoms with van der Waals surface area (Å²) in [6.07, 6.45) is 13.5. The Morgan fingerprint density at radius 3 is 1.83 bits per heavy atom. The Hall–Kier alpha value is -3.73. The van der Waals surface area contributed by atoms with E-state index < -0.39 is 0 Å². The summed E-state index contributed by atoms with van der Waals surface area (Å²) in [6, 6.07) is 0. The van der Waals surface area contributed by atoms with Gasteiger partial charge in [0.05, 0.1) is 34.2 Å². The molecular weight excluding hydrogens is 504 g/mol. The highest BCUT2D eigenvalue weighted by Gasteiger charge is 2.37. The number of hydrogen-bond donors (Lipinski definition) is 2. The minimum Gasteiger partial charge on any atom is -0.511 e.